The number of aromatic nitrogens is 1. The molecule has 0 spiro atoms. The van der Waals surface area contributed by atoms with Gasteiger partial charge in [0.05, 0.1) is 23.1 Å². The van der Waals surface area contributed by atoms with Crippen molar-refractivity contribution in [1.29, 1.82) is 5.26 Å². The molecule has 2 aromatic carbocycles. The molecule has 136 valence electrons. The fraction of sp³-hybridized carbons (Fsp3) is 0.190. The van der Waals surface area contributed by atoms with E-state index in [1.807, 2.05) is 50.2 Å². The number of rotatable bonds is 6. The third kappa shape index (κ3) is 4.99. The van der Waals surface area contributed by atoms with Gasteiger partial charge in [-0.05, 0) is 49.7 Å². The molecule has 0 saturated carbocycles. The molecular formula is C21H19N3O2S. The van der Waals surface area contributed by atoms with E-state index >= 15 is 0 Å². The second-order valence-electron chi connectivity index (χ2n) is 6.09. The number of nitrogens with one attached hydrogen (secondary N) is 1. The number of aryl methyl sites for hydroxylation is 2. The summed E-state index contributed by atoms with van der Waals surface area (Å²) in [6, 6.07) is 17.0. The Morgan fingerprint density at radius 1 is 1.22 bits per heavy atom. The summed E-state index contributed by atoms with van der Waals surface area (Å²) in [5, 5.41) is 11.7. The number of amides is 1. The standard InChI is InChI=1S/C21H19N3O2S/c1-14-15(2)26-21(23-14)18-4-3-5-19(10-18)24-20(25)13-27-12-17-8-6-16(11-22)7-9-17/h3-10H,12-13H2,1-2H3,(H,24,25). The third-order valence-electron chi connectivity index (χ3n) is 4.01. The van der Waals surface area contributed by atoms with Crippen LogP contribution in [0.25, 0.3) is 11.5 Å². The van der Waals surface area contributed by atoms with E-state index in [-0.39, 0.29) is 5.91 Å². The van der Waals surface area contributed by atoms with Gasteiger partial charge in [0, 0.05) is 17.0 Å². The lowest BCUT2D eigenvalue weighted by atomic mass is 10.2. The molecule has 1 aromatic heterocycles. The van der Waals surface area contributed by atoms with Crippen molar-refractivity contribution >= 4 is 23.4 Å². The summed E-state index contributed by atoms with van der Waals surface area (Å²) in [6.07, 6.45) is 0. The highest BCUT2D eigenvalue weighted by Gasteiger charge is 2.10. The van der Waals surface area contributed by atoms with Crippen molar-refractivity contribution in [1.82, 2.24) is 4.98 Å². The van der Waals surface area contributed by atoms with E-state index in [1.165, 1.54) is 11.8 Å². The zero-order valence-corrected chi connectivity index (χ0v) is 16.0. The predicted octanol–water partition coefficient (Wildman–Crippen LogP) is 4.70. The fourth-order valence-electron chi connectivity index (χ4n) is 2.46. The molecule has 6 heteroatoms. The summed E-state index contributed by atoms with van der Waals surface area (Å²) in [6.45, 7) is 3.78. The van der Waals surface area contributed by atoms with Crippen LogP contribution in [0.2, 0.25) is 0 Å². The normalized spacial score (nSPS) is 10.4. The van der Waals surface area contributed by atoms with Crippen LogP contribution in [0, 0.1) is 25.2 Å². The van der Waals surface area contributed by atoms with Crippen molar-refractivity contribution in [2.45, 2.75) is 19.6 Å². The number of nitrogens with zero attached hydrogens (tertiary/aromatic N) is 2. The molecule has 27 heavy (non-hydrogen) atoms. The molecule has 3 rings (SSSR count). The van der Waals surface area contributed by atoms with E-state index in [9.17, 15) is 4.79 Å². The third-order valence-corrected chi connectivity index (χ3v) is 5.01. The number of carbonyl (C=O) groups excluding carboxylic acids is 1. The summed E-state index contributed by atoms with van der Waals surface area (Å²) in [4.78, 5) is 16.6. The van der Waals surface area contributed by atoms with Crippen LogP contribution < -0.4 is 5.32 Å². The van der Waals surface area contributed by atoms with Gasteiger partial charge >= 0.3 is 0 Å². The van der Waals surface area contributed by atoms with Gasteiger partial charge in [-0.15, -0.1) is 11.8 Å². The van der Waals surface area contributed by atoms with Gasteiger partial charge in [-0.25, -0.2) is 4.98 Å². The Morgan fingerprint density at radius 3 is 2.67 bits per heavy atom. The molecule has 0 aliphatic carbocycles. The van der Waals surface area contributed by atoms with Gasteiger partial charge in [-0.1, -0.05) is 18.2 Å². The molecule has 1 heterocycles. The first-order chi connectivity index (χ1) is 13.0. The lowest BCUT2D eigenvalue weighted by Gasteiger charge is -2.06. The Morgan fingerprint density at radius 2 is 2.00 bits per heavy atom. The molecule has 3 aromatic rings. The largest absolute Gasteiger partial charge is 0.441 e. The topological polar surface area (TPSA) is 78.9 Å². The molecule has 0 unspecified atom stereocenters. The van der Waals surface area contributed by atoms with Crippen LogP contribution in [0.3, 0.4) is 0 Å². The van der Waals surface area contributed by atoms with E-state index in [1.54, 1.807) is 12.1 Å². The maximum atomic E-state index is 12.2. The molecule has 0 fully saturated rings. The van der Waals surface area contributed by atoms with Gasteiger partial charge in [0.2, 0.25) is 11.8 Å². The Hall–Kier alpha value is -3.04. The monoisotopic (exact) mass is 377 g/mol. The number of thioether (sulfide) groups is 1. The van der Waals surface area contributed by atoms with E-state index < -0.39 is 0 Å². The number of oxazole rings is 1. The van der Waals surface area contributed by atoms with Crippen LogP contribution in [0.5, 0.6) is 0 Å². The molecular weight excluding hydrogens is 358 g/mol. The number of benzene rings is 2. The predicted molar refractivity (Wildman–Crippen MR) is 107 cm³/mol. The Bertz CT molecular complexity index is 968. The smallest absolute Gasteiger partial charge is 0.234 e. The highest BCUT2D eigenvalue weighted by atomic mass is 32.2. The summed E-state index contributed by atoms with van der Waals surface area (Å²) >= 11 is 1.53. The maximum Gasteiger partial charge on any atom is 0.234 e. The average molecular weight is 377 g/mol. The van der Waals surface area contributed by atoms with Crippen molar-refractivity contribution in [2.75, 3.05) is 11.1 Å². The number of hydrogen-bond donors (Lipinski definition) is 1. The molecule has 0 bridgehead atoms. The number of hydrogen-bond acceptors (Lipinski definition) is 5. The first-order valence-electron chi connectivity index (χ1n) is 8.46. The Balaban J connectivity index is 1.54. The molecule has 0 aliphatic heterocycles. The average Bonchev–Trinajstić information content (AvgIpc) is 3.01. The Labute approximate surface area is 162 Å². The summed E-state index contributed by atoms with van der Waals surface area (Å²) in [5.41, 5.74) is 4.12. The molecule has 1 amide bonds. The van der Waals surface area contributed by atoms with Gasteiger partial charge in [0.15, 0.2) is 0 Å². The van der Waals surface area contributed by atoms with Crippen molar-refractivity contribution in [3.63, 3.8) is 0 Å². The van der Waals surface area contributed by atoms with Crippen LogP contribution in [-0.4, -0.2) is 16.6 Å². The van der Waals surface area contributed by atoms with E-state index in [4.69, 9.17) is 9.68 Å². The number of anilines is 1. The zero-order chi connectivity index (χ0) is 19.2. The number of carbonyl (C=O) groups is 1. The molecule has 0 atom stereocenters. The Kier molecular flexibility index (Phi) is 5.94. The van der Waals surface area contributed by atoms with Crippen molar-refractivity contribution in [2.24, 2.45) is 0 Å². The molecule has 0 saturated heterocycles. The number of nitriles is 1. The van der Waals surface area contributed by atoms with E-state index in [0.29, 0.717) is 28.6 Å². The van der Waals surface area contributed by atoms with Crippen LogP contribution in [0.4, 0.5) is 5.69 Å². The van der Waals surface area contributed by atoms with Crippen molar-refractivity contribution < 1.29 is 9.21 Å². The first-order valence-corrected chi connectivity index (χ1v) is 9.62. The summed E-state index contributed by atoms with van der Waals surface area (Å²) in [5.74, 6) is 2.34. The van der Waals surface area contributed by atoms with Crippen LogP contribution in [-0.2, 0) is 10.5 Å². The minimum absolute atomic E-state index is 0.0643. The maximum absolute atomic E-state index is 12.2. The second kappa shape index (κ2) is 8.56. The van der Waals surface area contributed by atoms with Gasteiger partial charge < -0.3 is 9.73 Å². The second-order valence-corrected chi connectivity index (χ2v) is 7.08. The molecule has 0 radical (unpaired) electrons. The highest BCUT2D eigenvalue weighted by Crippen LogP contribution is 2.24. The van der Waals surface area contributed by atoms with Crippen LogP contribution >= 0.6 is 11.8 Å². The van der Waals surface area contributed by atoms with Gasteiger partial charge in [0.25, 0.3) is 0 Å². The van der Waals surface area contributed by atoms with Crippen molar-refractivity contribution in [3.05, 3.63) is 71.1 Å². The summed E-state index contributed by atoms with van der Waals surface area (Å²) < 4.78 is 5.64. The molecule has 1 N–H and O–H groups in total. The molecule has 5 nitrogen and oxygen atoms in total. The quantitative estimate of drug-likeness (QED) is 0.673. The van der Waals surface area contributed by atoms with E-state index in [2.05, 4.69) is 16.4 Å². The fourth-order valence-corrected chi connectivity index (χ4v) is 3.25. The minimum Gasteiger partial charge on any atom is -0.441 e. The minimum atomic E-state index is -0.0643. The SMILES string of the molecule is Cc1nc(-c2cccc(NC(=O)CSCc3ccc(C#N)cc3)c2)oc1C. The van der Waals surface area contributed by atoms with Crippen molar-refractivity contribution in [3.8, 4) is 17.5 Å². The van der Waals surface area contributed by atoms with Crippen LogP contribution in [0.15, 0.2) is 52.9 Å². The van der Waals surface area contributed by atoms with E-state index in [0.717, 1.165) is 22.6 Å². The zero-order valence-electron chi connectivity index (χ0n) is 15.2. The lowest BCUT2D eigenvalue weighted by molar-refractivity contribution is -0.113. The van der Waals surface area contributed by atoms with Crippen LogP contribution in [0.1, 0.15) is 22.6 Å². The first kappa shape index (κ1) is 18.7. The lowest BCUT2D eigenvalue weighted by Crippen LogP contribution is -2.14. The highest BCUT2D eigenvalue weighted by molar-refractivity contribution is 7.99. The van der Waals surface area contributed by atoms with Gasteiger partial charge in [-0.3, -0.25) is 4.79 Å². The van der Waals surface area contributed by atoms with Gasteiger partial charge in [-0.2, -0.15) is 5.26 Å². The molecule has 0 aliphatic rings. The van der Waals surface area contributed by atoms with Gasteiger partial charge in [0.1, 0.15) is 5.76 Å². The summed E-state index contributed by atoms with van der Waals surface area (Å²) in [7, 11) is 0.